The fourth-order valence-corrected chi connectivity index (χ4v) is 3.67. The van der Waals surface area contributed by atoms with Crippen molar-refractivity contribution in [2.24, 2.45) is 0 Å². The molecule has 1 unspecified atom stereocenters. The standard InChI is InChI=1S/C12H16F2N2O2S/c1-8-5-11(14)12(6-10(8)13)19(17,18)16-4-3-15-9(2)7-16/h5-6,9,15H,3-4,7H2,1-2H3. The zero-order valence-electron chi connectivity index (χ0n) is 10.8. The summed E-state index contributed by atoms with van der Waals surface area (Å²) >= 11 is 0. The van der Waals surface area contributed by atoms with Crippen molar-refractivity contribution in [3.8, 4) is 0 Å². The Bertz CT molecular complexity index is 590. The Balaban J connectivity index is 2.42. The number of piperazine rings is 1. The Labute approximate surface area is 111 Å². The fourth-order valence-electron chi connectivity index (χ4n) is 2.08. The van der Waals surface area contributed by atoms with Gasteiger partial charge in [0.05, 0.1) is 0 Å². The van der Waals surface area contributed by atoms with Crippen LogP contribution in [0, 0.1) is 18.6 Å². The first-order valence-corrected chi connectivity index (χ1v) is 7.45. The largest absolute Gasteiger partial charge is 0.312 e. The lowest BCUT2D eigenvalue weighted by Gasteiger charge is -2.31. The van der Waals surface area contributed by atoms with Crippen molar-refractivity contribution in [3.05, 3.63) is 29.3 Å². The van der Waals surface area contributed by atoms with Crippen molar-refractivity contribution in [1.82, 2.24) is 9.62 Å². The molecule has 106 valence electrons. The molecule has 0 saturated carbocycles. The van der Waals surface area contributed by atoms with Gasteiger partial charge < -0.3 is 5.32 Å². The van der Waals surface area contributed by atoms with Crippen LogP contribution in [0.4, 0.5) is 8.78 Å². The summed E-state index contributed by atoms with van der Waals surface area (Å²) in [6.45, 7) is 4.23. The summed E-state index contributed by atoms with van der Waals surface area (Å²) in [4.78, 5) is -0.593. The monoisotopic (exact) mass is 290 g/mol. The summed E-state index contributed by atoms with van der Waals surface area (Å²) in [5, 5.41) is 3.10. The molecule has 1 atom stereocenters. The molecule has 1 saturated heterocycles. The molecule has 0 aliphatic carbocycles. The van der Waals surface area contributed by atoms with Crippen molar-refractivity contribution >= 4 is 10.0 Å². The van der Waals surface area contributed by atoms with Crippen molar-refractivity contribution in [1.29, 1.82) is 0 Å². The Morgan fingerprint density at radius 2 is 2.00 bits per heavy atom. The van der Waals surface area contributed by atoms with E-state index >= 15 is 0 Å². The van der Waals surface area contributed by atoms with E-state index in [1.165, 1.54) is 11.2 Å². The van der Waals surface area contributed by atoms with Gasteiger partial charge in [0.1, 0.15) is 16.5 Å². The van der Waals surface area contributed by atoms with Crippen LogP contribution in [0.1, 0.15) is 12.5 Å². The molecule has 7 heteroatoms. The number of benzene rings is 1. The maximum atomic E-state index is 13.8. The zero-order valence-corrected chi connectivity index (χ0v) is 11.6. The summed E-state index contributed by atoms with van der Waals surface area (Å²) in [5.74, 6) is -1.63. The maximum absolute atomic E-state index is 13.8. The maximum Gasteiger partial charge on any atom is 0.246 e. The normalized spacial score (nSPS) is 21.6. The van der Waals surface area contributed by atoms with Crippen LogP contribution >= 0.6 is 0 Å². The Morgan fingerprint density at radius 1 is 1.32 bits per heavy atom. The van der Waals surface area contributed by atoms with Gasteiger partial charge in [-0.3, -0.25) is 0 Å². The molecule has 2 rings (SSSR count). The fraction of sp³-hybridized carbons (Fsp3) is 0.500. The van der Waals surface area contributed by atoms with Gasteiger partial charge in [-0.25, -0.2) is 17.2 Å². The molecule has 0 aromatic heterocycles. The molecular formula is C12H16F2N2O2S. The number of aryl methyl sites for hydroxylation is 1. The van der Waals surface area contributed by atoms with Crippen molar-refractivity contribution < 1.29 is 17.2 Å². The number of nitrogens with one attached hydrogen (secondary N) is 1. The first-order valence-electron chi connectivity index (χ1n) is 6.01. The van der Waals surface area contributed by atoms with Crippen LogP contribution in [-0.2, 0) is 10.0 Å². The summed E-state index contributed by atoms with van der Waals surface area (Å²) < 4.78 is 53.1. The smallest absolute Gasteiger partial charge is 0.246 e. The zero-order chi connectivity index (χ0) is 14.2. The van der Waals surface area contributed by atoms with Gasteiger partial charge in [-0.05, 0) is 31.5 Å². The number of hydrogen-bond donors (Lipinski definition) is 1. The van der Waals surface area contributed by atoms with Gasteiger partial charge in [0.15, 0.2) is 0 Å². The average molecular weight is 290 g/mol. The van der Waals surface area contributed by atoms with E-state index in [9.17, 15) is 17.2 Å². The Hall–Kier alpha value is -1.05. The van der Waals surface area contributed by atoms with Gasteiger partial charge in [-0.2, -0.15) is 4.31 Å². The first kappa shape index (κ1) is 14.4. The molecular weight excluding hydrogens is 274 g/mol. The van der Waals surface area contributed by atoms with Crippen LogP contribution in [0.15, 0.2) is 17.0 Å². The average Bonchev–Trinajstić information content (AvgIpc) is 2.33. The number of hydrogen-bond acceptors (Lipinski definition) is 3. The highest BCUT2D eigenvalue weighted by Gasteiger charge is 2.31. The third-order valence-electron chi connectivity index (χ3n) is 3.16. The molecule has 4 nitrogen and oxygen atoms in total. The quantitative estimate of drug-likeness (QED) is 0.892. The summed E-state index contributed by atoms with van der Waals surface area (Å²) in [6.07, 6.45) is 0. The first-order chi connectivity index (χ1) is 8.82. The number of halogens is 2. The van der Waals surface area contributed by atoms with E-state index in [1.807, 2.05) is 6.92 Å². The molecule has 1 heterocycles. The molecule has 1 aromatic rings. The number of rotatable bonds is 2. The van der Waals surface area contributed by atoms with Crippen LogP contribution < -0.4 is 5.32 Å². The summed E-state index contributed by atoms with van der Waals surface area (Å²) in [6, 6.07) is 1.66. The molecule has 1 fully saturated rings. The van der Waals surface area contributed by atoms with E-state index in [1.54, 1.807) is 0 Å². The van der Waals surface area contributed by atoms with Crippen LogP contribution in [0.25, 0.3) is 0 Å². The third-order valence-corrected chi connectivity index (χ3v) is 5.04. The van der Waals surface area contributed by atoms with Crippen LogP contribution in [0.5, 0.6) is 0 Å². The lowest BCUT2D eigenvalue weighted by molar-refractivity contribution is 0.309. The third kappa shape index (κ3) is 2.77. The molecule has 1 aliphatic heterocycles. The van der Waals surface area contributed by atoms with E-state index in [0.717, 1.165) is 12.1 Å². The van der Waals surface area contributed by atoms with Crippen LogP contribution in [0.2, 0.25) is 0 Å². The predicted octanol–water partition coefficient (Wildman–Crippen LogP) is 1.26. The van der Waals surface area contributed by atoms with Gasteiger partial charge >= 0.3 is 0 Å². The van der Waals surface area contributed by atoms with E-state index in [4.69, 9.17) is 0 Å². The Morgan fingerprint density at radius 3 is 2.63 bits per heavy atom. The predicted molar refractivity (Wildman–Crippen MR) is 67.3 cm³/mol. The topological polar surface area (TPSA) is 49.4 Å². The molecule has 1 N–H and O–H groups in total. The minimum atomic E-state index is -3.99. The summed E-state index contributed by atoms with van der Waals surface area (Å²) in [7, 11) is -3.99. The number of nitrogens with zero attached hydrogens (tertiary/aromatic N) is 1. The minimum absolute atomic E-state index is 0.0121. The molecule has 0 bridgehead atoms. The van der Waals surface area contributed by atoms with Crippen molar-refractivity contribution in [2.45, 2.75) is 24.8 Å². The Kier molecular flexibility index (Phi) is 3.89. The molecule has 1 aromatic carbocycles. The number of sulfonamides is 1. The molecule has 0 radical (unpaired) electrons. The van der Waals surface area contributed by atoms with Gasteiger partial charge in [0.25, 0.3) is 0 Å². The van der Waals surface area contributed by atoms with E-state index in [-0.39, 0.29) is 24.7 Å². The van der Waals surface area contributed by atoms with Crippen LogP contribution in [0.3, 0.4) is 0 Å². The lowest BCUT2D eigenvalue weighted by Crippen LogP contribution is -2.51. The van der Waals surface area contributed by atoms with E-state index in [0.29, 0.717) is 6.54 Å². The highest BCUT2D eigenvalue weighted by atomic mass is 32.2. The lowest BCUT2D eigenvalue weighted by atomic mass is 10.2. The minimum Gasteiger partial charge on any atom is -0.312 e. The van der Waals surface area contributed by atoms with Gasteiger partial charge in [-0.1, -0.05) is 0 Å². The second-order valence-corrected chi connectivity index (χ2v) is 6.66. The van der Waals surface area contributed by atoms with Gasteiger partial charge in [0, 0.05) is 25.7 Å². The molecule has 1 aliphatic rings. The molecule has 0 amide bonds. The van der Waals surface area contributed by atoms with Gasteiger partial charge in [-0.15, -0.1) is 0 Å². The molecule has 19 heavy (non-hydrogen) atoms. The SMILES string of the molecule is Cc1cc(F)c(S(=O)(=O)N2CCNC(C)C2)cc1F. The summed E-state index contributed by atoms with van der Waals surface area (Å²) in [5.41, 5.74) is 0.0881. The van der Waals surface area contributed by atoms with E-state index in [2.05, 4.69) is 5.32 Å². The highest BCUT2D eigenvalue weighted by Crippen LogP contribution is 2.23. The van der Waals surface area contributed by atoms with E-state index < -0.39 is 26.6 Å². The van der Waals surface area contributed by atoms with Gasteiger partial charge in [0.2, 0.25) is 10.0 Å². The molecule has 0 spiro atoms. The van der Waals surface area contributed by atoms with Crippen LogP contribution in [-0.4, -0.2) is 38.4 Å². The second kappa shape index (κ2) is 5.15. The van der Waals surface area contributed by atoms with Crippen molar-refractivity contribution in [3.63, 3.8) is 0 Å². The highest BCUT2D eigenvalue weighted by molar-refractivity contribution is 7.89. The second-order valence-electron chi connectivity index (χ2n) is 4.75. The van der Waals surface area contributed by atoms with Crippen molar-refractivity contribution in [2.75, 3.05) is 19.6 Å².